The average Bonchev–Trinajstić information content (AvgIpc) is 2.85. The van der Waals surface area contributed by atoms with Crippen LogP contribution in [0.2, 0.25) is 0 Å². The highest BCUT2D eigenvalue weighted by atomic mass is 16.5. The van der Waals surface area contributed by atoms with E-state index in [1.165, 1.54) is 0 Å². The normalized spacial score (nSPS) is 12.4. The van der Waals surface area contributed by atoms with Crippen LogP contribution in [0, 0.1) is 6.92 Å². The van der Waals surface area contributed by atoms with E-state index < -0.39 is 0 Å². The van der Waals surface area contributed by atoms with Gasteiger partial charge in [-0.05, 0) is 37.5 Å². The van der Waals surface area contributed by atoms with Crippen molar-refractivity contribution >= 4 is 0 Å². The van der Waals surface area contributed by atoms with Crippen molar-refractivity contribution in [1.82, 2.24) is 10.1 Å². The maximum absolute atomic E-state index is 5.85. The molecule has 0 aliphatic rings. The molecule has 0 amide bonds. The van der Waals surface area contributed by atoms with Crippen LogP contribution in [-0.4, -0.2) is 10.1 Å². The van der Waals surface area contributed by atoms with Crippen molar-refractivity contribution in [2.45, 2.75) is 46.3 Å². The van der Waals surface area contributed by atoms with Gasteiger partial charge in [0.15, 0.2) is 12.4 Å². The minimum atomic E-state index is 0.0234. The molecule has 5 heteroatoms. The van der Waals surface area contributed by atoms with Crippen molar-refractivity contribution in [3.63, 3.8) is 0 Å². The van der Waals surface area contributed by atoms with Crippen molar-refractivity contribution in [1.29, 1.82) is 0 Å². The summed E-state index contributed by atoms with van der Waals surface area (Å²) in [5.74, 6) is 2.05. The molecule has 0 spiro atoms. The standard InChI is InChI=1S/C15H21N3O2/c1-4-5-14-17-15(20-18-14)9-19-13-7-6-12(11(3)16)8-10(13)2/h6-8,11H,4-5,9,16H2,1-3H3. The predicted octanol–water partition coefficient (Wildman–Crippen LogP) is 2.93. The van der Waals surface area contributed by atoms with Crippen LogP contribution in [0.5, 0.6) is 5.75 Å². The van der Waals surface area contributed by atoms with Crippen LogP contribution in [0.4, 0.5) is 0 Å². The molecule has 2 aromatic rings. The fraction of sp³-hybridized carbons (Fsp3) is 0.467. The van der Waals surface area contributed by atoms with Crippen LogP contribution in [0.1, 0.15) is 49.2 Å². The number of rotatable bonds is 6. The first-order valence-electron chi connectivity index (χ1n) is 6.90. The molecule has 0 radical (unpaired) electrons. The lowest BCUT2D eigenvalue weighted by atomic mass is 10.1. The first-order valence-corrected chi connectivity index (χ1v) is 6.90. The number of hydrogen-bond donors (Lipinski definition) is 1. The Morgan fingerprint density at radius 1 is 1.40 bits per heavy atom. The molecule has 20 heavy (non-hydrogen) atoms. The van der Waals surface area contributed by atoms with E-state index in [9.17, 15) is 0 Å². The number of nitrogens with two attached hydrogens (primary N) is 1. The van der Waals surface area contributed by atoms with Gasteiger partial charge in [-0.2, -0.15) is 4.98 Å². The van der Waals surface area contributed by atoms with Crippen LogP contribution in [0.3, 0.4) is 0 Å². The Hall–Kier alpha value is -1.88. The molecular weight excluding hydrogens is 254 g/mol. The van der Waals surface area contributed by atoms with E-state index in [0.29, 0.717) is 5.89 Å². The molecule has 0 aliphatic heterocycles. The first kappa shape index (κ1) is 14.5. The Kier molecular flexibility index (Phi) is 4.74. The molecule has 1 aromatic carbocycles. The summed E-state index contributed by atoms with van der Waals surface area (Å²) in [6, 6.07) is 5.96. The van der Waals surface area contributed by atoms with E-state index in [0.717, 1.165) is 35.5 Å². The van der Waals surface area contributed by atoms with Gasteiger partial charge in [0.2, 0.25) is 0 Å². The van der Waals surface area contributed by atoms with Crippen LogP contribution < -0.4 is 10.5 Å². The van der Waals surface area contributed by atoms with Crippen molar-refractivity contribution in [2.24, 2.45) is 5.73 Å². The topological polar surface area (TPSA) is 74.2 Å². The SMILES string of the molecule is CCCc1noc(COc2ccc(C(C)N)cc2C)n1. The zero-order chi connectivity index (χ0) is 14.5. The summed E-state index contributed by atoms with van der Waals surface area (Å²) in [4.78, 5) is 4.27. The van der Waals surface area contributed by atoms with Crippen molar-refractivity contribution in [3.8, 4) is 5.75 Å². The van der Waals surface area contributed by atoms with Gasteiger partial charge in [-0.3, -0.25) is 0 Å². The number of ether oxygens (including phenoxy) is 1. The molecule has 108 valence electrons. The molecule has 0 aliphatic carbocycles. The van der Waals surface area contributed by atoms with Gasteiger partial charge in [-0.1, -0.05) is 24.2 Å². The van der Waals surface area contributed by atoms with Gasteiger partial charge >= 0.3 is 0 Å². The molecule has 0 bridgehead atoms. The van der Waals surface area contributed by atoms with Gasteiger partial charge in [0.05, 0.1) is 0 Å². The molecule has 1 aromatic heterocycles. The summed E-state index contributed by atoms with van der Waals surface area (Å²) < 4.78 is 10.8. The summed E-state index contributed by atoms with van der Waals surface area (Å²) in [6.07, 6.45) is 1.82. The van der Waals surface area contributed by atoms with Crippen LogP contribution in [0.15, 0.2) is 22.7 Å². The third kappa shape index (κ3) is 3.57. The molecule has 0 fully saturated rings. The number of aromatic nitrogens is 2. The Bertz CT molecular complexity index is 564. The number of benzene rings is 1. The smallest absolute Gasteiger partial charge is 0.264 e. The fourth-order valence-electron chi connectivity index (χ4n) is 1.93. The van der Waals surface area contributed by atoms with Crippen molar-refractivity contribution in [3.05, 3.63) is 41.0 Å². The number of hydrogen-bond acceptors (Lipinski definition) is 5. The summed E-state index contributed by atoms with van der Waals surface area (Å²) >= 11 is 0. The summed E-state index contributed by atoms with van der Waals surface area (Å²) in [5.41, 5.74) is 8.00. The zero-order valence-corrected chi connectivity index (χ0v) is 12.2. The monoisotopic (exact) mass is 275 g/mol. The largest absolute Gasteiger partial charge is 0.483 e. The molecule has 1 unspecified atom stereocenters. The van der Waals surface area contributed by atoms with Crippen molar-refractivity contribution < 1.29 is 9.26 Å². The predicted molar refractivity (Wildman–Crippen MR) is 76.4 cm³/mol. The summed E-state index contributed by atoms with van der Waals surface area (Å²) in [5, 5.41) is 3.90. The van der Waals surface area contributed by atoms with Gasteiger partial charge < -0.3 is 15.0 Å². The second-order valence-corrected chi connectivity index (χ2v) is 4.96. The Labute approximate surface area is 119 Å². The molecule has 2 rings (SSSR count). The number of nitrogens with zero attached hydrogens (tertiary/aromatic N) is 2. The van der Waals surface area contributed by atoms with E-state index in [2.05, 4.69) is 17.1 Å². The highest BCUT2D eigenvalue weighted by molar-refractivity contribution is 5.37. The third-order valence-corrected chi connectivity index (χ3v) is 3.06. The van der Waals surface area contributed by atoms with Crippen molar-refractivity contribution in [2.75, 3.05) is 0 Å². The lowest BCUT2D eigenvalue weighted by Crippen LogP contribution is -2.05. The molecule has 0 saturated carbocycles. The molecular formula is C15H21N3O2. The van der Waals surface area contributed by atoms with Crippen LogP contribution in [0.25, 0.3) is 0 Å². The maximum atomic E-state index is 5.85. The molecule has 2 N–H and O–H groups in total. The van der Waals surface area contributed by atoms with Gasteiger partial charge in [-0.25, -0.2) is 0 Å². The minimum Gasteiger partial charge on any atom is -0.483 e. The van der Waals surface area contributed by atoms with E-state index in [1.54, 1.807) is 0 Å². The van der Waals surface area contributed by atoms with Gasteiger partial charge in [0, 0.05) is 12.5 Å². The zero-order valence-electron chi connectivity index (χ0n) is 12.2. The fourth-order valence-corrected chi connectivity index (χ4v) is 1.93. The van der Waals surface area contributed by atoms with E-state index in [1.807, 2.05) is 32.0 Å². The Morgan fingerprint density at radius 2 is 2.20 bits per heavy atom. The van der Waals surface area contributed by atoms with Crippen LogP contribution >= 0.6 is 0 Å². The number of aryl methyl sites for hydroxylation is 2. The van der Waals surface area contributed by atoms with E-state index in [4.69, 9.17) is 15.0 Å². The summed E-state index contributed by atoms with van der Waals surface area (Å²) in [6.45, 7) is 6.32. The molecule has 1 heterocycles. The highest BCUT2D eigenvalue weighted by Gasteiger charge is 2.08. The lowest BCUT2D eigenvalue weighted by molar-refractivity contribution is 0.241. The van der Waals surface area contributed by atoms with Crippen LogP contribution in [-0.2, 0) is 13.0 Å². The second-order valence-electron chi connectivity index (χ2n) is 4.96. The van der Waals surface area contributed by atoms with Gasteiger partial charge in [0.25, 0.3) is 5.89 Å². The Balaban J connectivity index is 1.99. The maximum Gasteiger partial charge on any atom is 0.264 e. The first-order chi connectivity index (χ1) is 9.60. The molecule has 1 atom stereocenters. The second kappa shape index (κ2) is 6.52. The summed E-state index contributed by atoms with van der Waals surface area (Å²) in [7, 11) is 0. The van der Waals surface area contributed by atoms with Gasteiger partial charge in [0.1, 0.15) is 5.75 Å². The minimum absolute atomic E-state index is 0.0234. The van der Waals surface area contributed by atoms with E-state index >= 15 is 0 Å². The molecule has 5 nitrogen and oxygen atoms in total. The van der Waals surface area contributed by atoms with Gasteiger partial charge in [-0.15, -0.1) is 0 Å². The quantitative estimate of drug-likeness (QED) is 0.877. The lowest BCUT2D eigenvalue weighted by Gasteiger charge is -2.11. The third-order valence-electron chi connectivity index (χ3n) is 3.06. The Morgan fingerprint density at radius 3 is 2.85 bits per heavy atom. The highest BCUT2D eigenvalue weighted by Crippen LogP contribution is 2.22. The average molecular weight is 275 g/mol. The molecule has 0 saturated heterocycles. The van der Waals surface area contributed by atoms with E-state index in [-0.39, 0.29) is 12.6 Å².